The van der Waals surface area contributed by atoms with Crippen molar-refractivity contribution in [2.45, 2.75) is 6.54 Å². The molecule has 3 heteroatoms. The van der Waals surface area contributed by atoms with Crippen LogP contribution in [0.25, 0.3) is 0 Å². The summed E-state index contributed by atoms with van der Waals surface area (Å²) in [7, 11) is 4.04. The molecule has 0 radical (unpaired) electrons. The van der Waals surface area contributed by atoms with Gasteiger partial charge in [0.1, 0.15) is 0 Å². The SMILES string of the molecule is CN(C)c1ccc(CN)c(Br)c1. The van der Waals surface area contributed by atoms with E-state index in [0.29, 0.717) is 6.54 Å². The smallest absolute Gasteiger partial charge is 0.0372 e. The van der Waals surface area contributed by atoms with Gasteiger partial charge in [-0.05, 0) is 17.7 Å². The molecule has 0 bridgehead atoms. The van der Waals surface area contributed by atoms with Gasteiger partial charge in [0.2, 0.25) is 0 Å². The van der Waals surface area contributed by atoms with Gasteiger partial charge >= 0.3 is 0 Å². The number of hydrogen-bond donors (Lipinski definition) is 1. The van der Waals surface area contributed by atoms with E-state index in [1.807, 2.05) is 20.2 Å². The Morgan fingerprint density at radius 1 is 1.42 bits per heavy atom. The van der Waals surface area contributed by atoms with Crippen LogP contribution in [0.3, 0.4) is 0 Å². The summed E-state index contributed by atoms with van der Waals surface area (Å²) in [5, 5.41) is 0. The van der Waals surface area contributed by atoms with Crippen molar-refractivity contribution in [2.75, 3.05) is 19.0 Å². The number of benzene rings is 1. The van der Waals surface area contributed by atoms with E-state index in [-0.39, 0.29) is 0 Å². The van der Waals surface area contributed by atoms with E-state index in [1.54, 1.807) is 0 Å². The first-order valence-electron chi connectivity index (χ1n) is 3.81. The highest BCUT2D eigenvalue weighted by Crippen LogP contribution is 2.22. The molecule has 0 aromatic heterocycles. The van der Waals surface area contributed by atoms with Gasteiger partial charge in [-0.1, -0.05) is 22.0 Å². The first-order valence-corrected chi connectivity index (χ1v) is 4.60. The van der Waals surface area contributed by atoms with Crippen LogP contribution < -0.4 is 10.6 Å². The number of halogens is 1. The Labute approximate surface area is 81.5 Å². The maximum atomic E-state index is 5.53. The van der Waals surface area contributed by atoms with Crippen LogP contribution in [-0.2, 0) is 6.54 Å². The number of nitrogens with two attached hydrogens (primary N) is 1. The van der Waals surface area contributed by atoms with Crippen LogP contribution in [0.15, 0.2) is 22.7 Å². The minimum Gasteiger partial charge on any atom is -0.378 e. The highest BCUT2D eigenvalue weighted by Gasteiger charge is 2.00. The van der Waals surface area contributed by atoms with E-state index in [2.05, 4.69) is 33.0 Å². The van der Waals surface area contributed by atoms with Crippen LogP contribution in [0, 0.1) is 0 Å². The molecule has 66 valence electrons. The third-order valence-corrected chi connectivity index (χ3v) is 2.51. The van der Waals surface area contributed by atoms with Crippen LogP contribution in [0.2, 0.25) is 0 Å². The second-order valence-corrected chi connectivity index (χ2v) is 3.73. The second-order valence-electron chi connectivity index (χ2n) is 2.87. The summed E-state index contributed by atoms with van der Waals surface area (Å²) < 4.78 is 1.08. The van der Waals surface area contributed by atoms with Gasteiger partial charge in [-0.15, -0.1) is 0 Å². The summed E-state index contributed by atoms with van der Waals surface area (Å²) in [5.41, 5.74) is 7.85. The molecule has 1 aromatic rings. The van der Waals surface area contributed by atoms with E-state index in [4.69, 9.17) is 5.73 Å². The molecule has 0 unspecified atom stereocenters. The lowest BCUT2D eigenvalue weighted by atomic mass is 10.2. The summed E-state index contributed by atoms with van der Waals surface area (Å²) in [5.74, 6) is 0. The molecule has 0 saturated heterocycles. The molecule has 0 atom stereocenters. The third-order valence-electron chi connectivity index (χ3n) is 1.77. The molecular formula is C9H13BrN2. The van der Waals surface area contributed by atoms with Crippen molar-refractivity contribution < 1.29 is 0 Å². The third kappa shape index (κ3) is 1.99. The van der Waals surface area contributed by atoms with E-state index in [9.17, 15) is 0 Å². The maximum Gasteiger partial charge on any atom is 0.0372 e. The Bertz CT molecular complexity index is 271. The molecule has 12 heavy (non-hydrogen) atoms. The van der Waals surface area contributed by atoms with Crippen molar-refractivity contribution in [3.8, 4) is 0 Å². The molecular weight excluding hydrogens is 216 g/mol. The summed E-state index contributed by atoms with van der Waals surface area (Å²) in [6.07, 6.45) is 0. The van der Waals surface area contributed by atoms with Gasteiger partial charge in [0.05, 0.1) is 0 Å². The van der Waals surface area contributed by atoms with Crippen molar-refractivity contribution in [2.24, 2.45) is 5.73 Å². The lowest BCUT2D eigenvalue weighted by molar-refractivity contribution is 1.05. The molecule has 2 nitrogen and oxygen atoms in total. The van der Waals surface area contributed by atoms with E-state index in [0.717, 1.165) is 10.0 Å². The summed E-state index contributed by atoms with van der Waals surface area (Å²) in [6, 6.07) is 6.18. The predicted octanol–water partition coefficient (Wildman–Crippen LogP) is 1.97. The maximum absolute atomic E-state index is 5.53. The lowest BCUT2D eigenvalue weighted by Gasteiger charge is -2.13. The number of nitrogens with zero attached hydrogens (tertiary/aromatic N) is 1. The Morgan fingerprint density at radius 3 is 2.50 bits per heavy atom. The summed E-state index contributed by atoms with van der Waals surface area (Å²) in [4.78, 5) is 2.06. The fourth-order valence-corrected chi connectivity index (χ4v) is 1.51. The fourth-order valence-electron chi connectivity index (χ4n) is 0.980. The topological polar surface area (TPSA) is 29.3 Å². The Kier molecular flexibility index (Phi) is 3.12. The lowest BCUT2D eigenvalue weighted by Crippen LogP contribution is -2.09. The van der Waals surface area contributed by atoms with Gasteiger partial charge < -0.3 is 10.6 Å². The zero-order valence-electron chi connectivity index (χ0n) is 7.34. The standard InChI is InChI=1S/C9H13BrN2/c1-12(2)8-4-3-7(6-11)9(10)5-8/h3-5H,6,11H2,1-2H3. The van der Waals surface area contributed by atoms with Gasteiger partial charge in [0, 0.05) is 30.8 Å². The molecule has 1 rings (SSSR count). The van der Waals surface area contributed by atoms with Gasteiger partial charge in [-0.3, -0.25) is 0 Å². The molecule has 0 fully saturated rings. The zero-order chi connectivity index (χ0) is 9.14. The largest absolute Gasteiger partial charge is 0.378 e. The first kappa shape index (κ1) is 9.55. The molecule has 0 aliphatic carbocycles. The molecule has 2 N–H and O–H groups in total. The molecule has 0 aliphatic rings. The normalized spacial score (nSPS) is 10.0. The number of anilines is 1. The monoisotopic (exact) mass is 228 g/mol. The predicted molar refractivity (Wildman–Crippen MR) is 56.4 cm³/mol. The van der Waals surface area contributed by atoms with Gasteiger partial charge in [-0.25, -0.2) is 0 Å². The van der Waals surface area contributed by atoms with Crippen molar-refractivity contribution in [3.63, 3.8) is 0 Å². The van der Waals surface area contributed by atoms with Crippen LogP contribution in [0.1, 0.15) is 5.56 Å². The Balaban J connectivity index is 3.02. The Morgan fingerprint density at radius 2 is 2.08 bits per heavy atom. The van der Waals surface area contributed by atoms with Gasteiger partial charge in [0.25, 0.3) is 0 Å². The zero-order valence-corrected chi connectivity index (χ0v) is 8.93. The minimum absolute atomic E-state index is 0.578. The van der Waals surface area contributed by atoms with Crippen LogP contribution in [0.5, 0.6) is 0 Å². The van der Waals surface area contributed by atoms with E-state index < -0.39 is 0 Å². The highest BCUT2D eigenvalue weighted by atomic mass is 79.9. The molecule has 0 spiro atoms. The number of hydrogen-bond acceptors (Lipinski definition) is 2. The average Bonchev–Trinajstić information content (AvgIpc) is 2.04. The second kappa shape index (κ2) is 3.92. The Hall–Kier alpha value is -0.540. The van der Waals surface area contributed by atoms with Crippen LogP contribution in [-0.4, -0.2) is 14.1 Å². The van der Waals surface area contributed by atoms with Gasteiger partial charge in [0.15, 0.2) is 0 Å². The van der Waals surface area contributed by atoms with Gasteiger partial charge in [-0.2, -0.15) is 0 Å². The molecule has 0 amide bonds. The highest BCUT2D eigenvalue weighted by molar-refractivity contribution is 9.10. The van der Waals surface area contributed by atoms with Crippen LogP contribution >= 0.6 is 15.9 Å². The van der Waals surface area contributed by atoms with E-state index >= 15 is 0 Å². The molecule has 0 saturated carbocycles. The summed E-state index contributed by atoms with van der Waals surface area (Å²) >= 11 is 3.47. The summed E-state index contributed by atoms with van der Waals surface area (Å²) in [6.45, 7) is 0.578. The molecule has 0 heterocycles. The first-order chi connectivity index (χ1) is 5.65. The quantitative estimate of drug-likeness (QED) is 0.840. The fraction of sp³-hybridized carbons (Fsp3) is 0.333. The average molecular weight is 229 g/mol. The molecule has 1 aromatic carbocycles. The molecule has 0 aliphatic heterocycles. The van der Waals surface area contributed by atoms with Crippen molar-refractivity contribution in [1.82, 2.24) is 0 Å². The van der Waals surface area contributed by atoms with Crippen molar-refractivity contribution in [3.05, 3.63) is 28.2 Å². The van der Waals surface area contributed by atoms with Crippen LogP contribution in [0.4, 0.5) is 5.69 Å². The van der Waals surface area contributed by atoms with E-state index in [1.165, 1.54) is 5.69 Å². The van der Waals surface area contributed by atoms with Crippen molar-refractivity contribution >= 4 is 21.6 Å². The number of rotatable bonds is 2. The van der Waals surface area contributed by atoms with Crippen molar-refractivity contribution in [1.29, 1.82) is 0 Å². The minimum atomic E-state index is 0.578.